The Labute approximate surface area is 366 Å². The van der Waals surface area contributed by atoms with Crippen LogP contribution in [0.5, 0.6) is 0 Å². The predicted octanol–water partition coefficient (Wildman–Crippen LogP) is 15.1. The predicted molar refractivity (Wildman–Crippen MR) is 263 cm³/mol. The number of aromatic nitrogens is 5. The van der Waals surface area contributed by atoms with Crippen LogP contribution in [0, 0.1) is 0 Å². The van der Waals surface area contributed by atoms with Gasteiger partial charge in [-0.2, -0.15) is 0 Å². The van der Waals surface area contributed by atoms with Crippen LogP contribution in [-0.2, 0) is 0 Å². The van der Waals surface area contributed by atoms with E-state index >= 15 is 0 Å². The van der Waals surface area contributed by atoms with Crippen LogP contribution in [0.15, 0.2) is 212 Å². The molecule has 63 heavy (non-hydrogen) atoms. The number of hydrogen-bond donors (Lipinski definition) is 0. The molecule has 0 aliphatic rings. The maximum absolute atomic E-state index is 5.10. The van der Waals surface area contributed by atoms with Gasteiger partial charge in [0.1, 0.15) is 0 Å². The molecule has 13 rings (SSSR count). The number of nitrogens with zero attached hydrogens (tertiary/aromatic N) is 5. The first-order chi connectivity index (χ1) is 31.2. The molecule has 0 fully saturated rings. The van der Waals surface area contributed by atoms with Crippen LogP contribution in [-0.4, -0.2) is 24.1 Å². The van der Waals surface area contributed by atoms with Crippen molar-refractivity contribution in [2.75, 3.05) is 0 Å². The first-order valence-electron chi connectivity index (χ1n) is 21.2. The van der Waals surface area contributed by atoms with Gasteiger partial charge in [0.25, 0.3) is 0 Å². The van der Waals surface area contributed by atoms with E-state index in [4.69, 9.17) is 15.0 Å². The van der Waals surface area contributed by atoms with Gasteiger partial charge in [-0.05, 0) is 65.7 Å². The summed E-state index contributed by atoms with van der Waals surface area (Å²) >= 11 is 1.86. The van der Waals surface area contributed by atoms with Crippen molar-refractivity contribution in [1.29, 1.82) is 0 Å². The zero-order chi connectivity index (χ0) is 41.4. The molecule has 0 saturated heterocycles. The molecule has 6 heteroatoms. The summed E-state index contributed by atoms with van der Waals surface area (Å²) in [5.74, 6) is 1.93. The molecule has 0 N–H and O–H groups in total. The van der Waals surface area contributed by atoms with Crippen LogP contribution in [0.1, 0.15) is 0 Å². The van der Waals surface area contributed by atoms with E-state index in [1.54, 1.807) is 0 Å². The van der Waals surface area contributed by atoms with Crippen LogP contribution >= 0.6 is 11.3 Å². The molecule has 294 valence electrons. The lowest BCUT2D eigenvalue weighted by molar-refractivity contribution is 1.07. The van der Waals surface area contributed by atoms with Gasteiger partial charge >= 0.3 is 0 Å². The average Bonchev–Trinajstić information content (AvgIpc) is 4.02. The standard InChI is InChI=1S/C57H35N5S/c1-5-15-36(16-6-1)39-26-31-50-47(33-39)43-23-13-14-24-49(43)61(50)42-27-32-52-48(35-42)46-30-29-45-44-28-25-40(34-51(44)62(53(45)54(46)63-52)41-21-11-4-12-22-41)57-59-55(37-17-7-2-8-18-37)58-56(60-57)38-19-9-3-10-20-38/h1-35H. The fourth-order valence-corrected chi connectivity index (χ4v) is 10.7. The van der Waals surface area contributed by atoms with Crippen LogP contribution in [0.2, 0.25) is 0 Å². The molecule has 0 saturated carbocycles. The maximum Gasteiger partial charge on any atom is 0.164 e. The highest BCUT2D eigenvalue weighted by atomic mass is 32.1. The van der Waals surface area contributed by atoms with Crippen LogP contribution in [0.25, 0.3) is 120 Å². The van der Waals surface area contributed by atoms with E-state index in [0.29, 0.717) is 17.5 Å². The SMILES string of the molecule is c1ccc(-c2ccc3c(c2)c2ccccc2n3-c2ccc3sc4c(ccc5c6ccc(-c7nc(-c8ccccc8)nc(-c8ccccc8)n7)cc6n(-c6ccccc6)c54)c3c2)cc1. The Morgan fingerprint density at radius 3 is 1.57 bits per heavy atom. The molecule has 0 bridgehead atoms. The van der Waals surface area contributed by atoms with Crippen molar-refractivity contribution in [2.45, 2.75) is 0 Å². The summed E-state index contributed by atoms with van der Waals surface area (Å²) in [6.45, 7) is 0. The van der Waals surface area contributed by atoms with Gasteiger partial charge in [-0.15, -0.1) is 11.3 Å². The van der Waals surface area contributed by atoms with E-state index in [1.165, 1.54) is 69.4 Å². The van der Waals surface area contributed by atoms with Gasteiger partial charge in [0.05, 0.1) is 26.8 Å². The summed E-state index contributed by atoms with van der Waals surface area (Å²) in [4.78, 5) is 15.1. The van der Waals surface area contributed by atoms with Crippen molar-refractivity contribution in [3.8, 4) is 56.7 Å². The van der Waals surface area contributed by atoms with Crippen molar-refractivity contribution >= 4 is 75.1 Å². The lowest BCUT2D eigenvalue weighted by Crippen LogP contribution is -2.00. The number of thiophene rings is 1. The number of fused-ring (bicyclic) bond motifs is 10. The minimum atomic E-state index is 0.635. The van der Waals surface area contributed by atoms with Gasteiger partial charge in [-0.3, -0.25) is 0 Å². The fourth-order valence-electron chi connectivity index (χ4n) is 9.44. The number of benzene rings is 9. The number of rotatable bonds is 6. The summed E-state index contributed by atoms with van der Waals surface area (Å²) in [6.07, 6.45) is 0. The Kier molecular flexibility index (Phi) is 8.01. The second-order valence-electron chi connectivity index (χ2n) is 16.0. The molecule has 0 atom stereocenters. The van der Waals surface area contributed by atoms with Gasteiger partial charge in [0.15, 0.2) is 17.5 Å². The van der Waals surface area contributed by atoms with Crippen LogP contribution < -0.4 is 0 Å². The van der Waals surface area contributed by atoms with Gasteiger partial charge < -0.3 is 9.13 Å². The van der Waals surface area contributed by atoms with Crippen molar-refractivity contribution in [1.82, 2.24) is 24.1 Å². The summed E-state index contributed by atoms with van der Waals surface area (Å²) in [7, 11) is 0. The quantitative estimate of drug-likeness (QED) is 0.168. The van der Waals surface area contributed by atoms with Crippen LogP contribution in [0.4, 0.5) is 0 Å². The first-order valence-corrected chi connectivity index (χ1v) is 22.0. The second kappa shape index (κ2) is 14.2. The highest BCUT2D eigenvalue weighted by Crippen LogP contribution is 2.45. The van der Waals surface area contributed by atoms with E-state index in [-0.39, 0.29) is 0 Å². The number of hydrogen-bond acceptors (Lipinski definition) is 4. The smallest absolute Gasteiger partial charge is 0.164 e. The monoisotopic (exact) mass is 821 g/mol. The molecule has 4 aromatic heterocycles. The van der Waals surface area contributed by atoms with Crippen molar-refractivity contribution in [3.63, 3.8) is 0 Å². The minimum absolute atomic E-state index is 0.635. The lowest BCUT2D eigenvalue weighted by atomic mass is 10.0. The van der Waals surface area contributed by atoms with E-state index < -0.39 is 0 Å². The highest BCUT2D eigenvalue weighted by Gasteiger charge is 2.21. The Bertz CT molecular complexity index is 3830. The molecule has 0 amide bonds. The van der Waals surface area contributed by atoms with Crippen LogP contribution in [0.3, 0.4) is 0 Å². The molecule has 5 nitrogen and oxygen atoms in total. The van der Waals surface area contributed by atoms with E-state index in [2.05, 4.69) is 161 Å². The third kappa shape index (κ3) is 5.73. The second-order valence-corrected chi connectivity index (χ2v) is 17.1. The molecule has 0 unspecified atom stereocenters. The molecular formula is C57H35N5S. The van der Waals surface area contributed by atoms with E-state index in [1.807, 2.05) is 72.0 Å². The zero-order valence-electron chi connectivity index (χ0n) is 33.9. The Morgan fingerprint density at radius 2 is 0.857 bits per heavy atom. The molecule has 0 aliphatic carbocycles. The molecule has 13 aromatic rings. The van der Waals surface area contributed by atoms with E-state index in [0.717, 1.165) is 33.6 Å². The summed E-state index contributed by atoms with van der Waals surface area (Å²) < 4.78 is 7.37. The minimum Gasteiger partial charge on any atom is -0.309 e. The van der Waals surface area contributed by atoms with Gasteiger partial charge in [-0.1, -0.05) is 158 Å². The van der Waals surface area contributed by atoms with Gasteiger partial charge in [0, 0.05) is 65.1 Å². The third-order valence-electron chi connectivity index (χ3n) is 12.4. The summed E-state index contributed by atoms with van der Waals surface area (Å²) in [5.41, 5.74) is 12.2. The topological polar surface area (TPSA) is 48.5 Å². The molecule has 0 aliphatic heterocycles. The van der Waals surface area contributed by atoms with Crippen molar-refractivity contribution in [2.24, 2.45) is 0 Å². The lowest BCUT2D eigenvalue weighted by Gasteiger charge is -2.10. The largest absolute Gasteiger partial charge is 0.309 e. The van der Waals surface area contributed by atoms with Gasteiger partial charge in [0.2, 0.25) is 0 Å². The van der Waals surface area contributed by atoms with Crippen molar-refractivity contribution < 1.29 is 0 Å². The molecule has 0 radical (unpaired) electrons. The van der Waals surface area contributed by atoms with Crippen molar-refractivity contribution in [3.05, 3.63) is 212 Å². The zero-order valence-corrected chi connectivity index (χ0v) is 34.7. The molecule has 0 spiro atoms. The number of para-hydroxylation sites is 2. The Balaban J connectivity index is 1.02. The molecule has 9 aromatic carbocycles. The summed E-state index contributed by atoms with van der Waals surface area (Å²) in [5, 5.41) is 7.38. The molecule has 4 heterocycles. The average molecular weight is 822 g/mol. The van der Waals surface area contributed by atoms with E-state index in [9.17, 15) is 0 Å². The normalized spacial score (nSPS) is 11.8. The Morgan fingerprint density at radius 1 is 0.302 bits per heavy atom. The first kappa shape index (κ1) is 35.6. The maximum atomic E-state index is 5.10. The third-order valence-corrected chi connectivity index (χ3v) is 13.6. The fraction of sp³-hybridized carbons (Fsp3) is 0. The highest BCUT2D eigenvalue weighted by molar-refractivity contribution is 7.26. The van der Waals surface area contributed by atoms with Gasteiger partial charge in [-0.25, -0.2) is 15.0 Å². The molecular weight excluding hydrogens is 787 g/mol. The Hall–Kier alpha value is -8.19. The summed E-state index contributed by atoms with van der Waals surface area (Å²) in [6, 6.07) is 75.6.